The minimum Gasteiger partial charge on any atom is -0.369 e. The summed E-state index contributed by atoms with van der Waals surface area (Å²) in [7, 11) is 0. The summed E-state index contributed by atoms with van der Waals surface area (Å²) < 4.78 is 0. The smallest absolute Gasteiger partial charge is 0.285 e. The zero-order valence-corrected chi connectivity index (χ0v) is 11.7. The van der Waals surface area contributed by atoms with Crippen LogP contribution in [0.3, 0.4) is 0 Å². The second-order valence-electron chi connectivity index (χ2n) is 4.64. The molecule has 2 amide bonds. The van der Waals surface area contributed by atoms with E-state index in [9.17, 15) is 14.4 Å². The maximum absolute atomic E-state index is 12.2. The van der Waals surface area contributed by atoms with Crippen LogP contribution in [0.5, 0.6) is 0 Å². The molecule has 0 bridgehead atoms. The average molecular weight is 256 g/mol. The van der Waals surface area contributed by atoms with E-state index in [1.807, 2.05) is 13.8 Å². The molecule has 0 aromatic carbocycles. The van der Waals surface area contributed by atoms with Gasteiger partial charge in [-0.2, -0.15) is 0 Å². The van der Waals surface area contributed by atoms with Crippen molar-refractivity contribution in [3.63, 3.8) is 0 Å². The first-order valence-electron chi connectivity index (χ1n) is 6.43. The van der Waals surface area contributed by atoms with Gasteiger partial charge in [-0.15, -0.1) is 0 Å². The van der Waals surface area contributed by atoms with Crippen LogP contribution < -0.4 is 11.5 Å². The second-order valence-corrected chi connectivity index (χ2v) is 4.64. The van der Waals surface area contributed by atoms with Gasteiger partial charge in [0.1, 0.15) is 0 Å². The molecule has 0 heterocycles. The molecule has 0 aromatic rings. The highest BCUT2D eigenvalue weighted by atomic mass is 16.2. The lowest BCUT2D eigenvalue weighted by molar-refractivity contribution is -0.156. The second kappa shape index (κ2) is 5.98. The van der Waals surface area contributed by atoms with E-state index < -0.39 is 28.4 Å². The van der Waals surface area contributed by atoms with Gasteiger partial charge in [0.05, 0.1) is 10.8 Å². The van der Waals surface area contributed by atoms with Gasteiger partial charge < -0.3 is 11.5 Å². The minimum absolute atomic E-state index is 0.371. The molecule has 0 unspecified atom stereocenters. The molecule has 4 N–H and O–H groups in total. The number of nitrogens with two attached hydrogens (primary N) is 2. The molecular weight excluding hydrogens is 232 g/mol. The van der Waals surface area contributed by atoms with Crippen LogP contribution in [0, 0.1) is 10.8 Å². The molecule has 0 aliphatic carbocycles. The SMILES string of the molecule is CCC(CC)(C(N)=O)C(CC)(CC)C(=O)C(N)=O. The van der Waals surface area contributed by atoms with Crippen LogP contribution in [0.25, 0.3) is 0 Å². The Morgan fingerprint density at radius 3 is 1.28 bits per heavy atom. The molecule has 0 aliphatic heterocycles. The molecular formula is C13H24N2O3. The number of hydrogen-bond donors (Lipinski definition) is 2. The Labute approximate surface area is 108 Å². The first kappa shape index (κ1) is 16.6. The Balaban J connectivity index is 6.06. The van der Waals surface area contributed by atoms with Crippen LogP contribution in [-0.4, -0.2) is 17.6 Å². The maximum atomic E-state index is 12.2. The zero-order valence-electron chi connectivity index (χ0n) is 11.7. The predicted molar refractivity (Wildman–Crippen MR) is 69.4 cm³/mol. The third-order valence-corrected chi connectivity index (χ3v) is 4.46. The monoisotopic (exact) mass is 256 g/mol. The van der Waals surface area contributed by atoms with Gasteiger partial charge in [0, 0.05) is 0 Å². The summed E-state index contributed by atoms with van der Waals surface area (Å²) in [5, 5.41) is 0. The van der Waals surface area contributed by atoms with Crippen LogP contribution in [0.15, 0.2) is 0 Å². The van der Waals surface area contributed by atoms with Gasteiger partial charge in [0.25, 0.3) is 5.91 Å². The van der Waals surface area contributed by atoms with E-state index in [1.165, 1.54) is 0 Å². The van der Waals surface area contributed by atoms with Crippen LogP contribution in [0.4, 0.5) is 0 Å². The first-order valence-corrected chi connectivity index (χ1v) is 6.43. The number of primary amides is 2. The molecule has 18 heavy (non-hydrogen) atoms. The fourth-order valence-corrected chi connectivity index (χ4v) is 3.21. The van der Waals surface area contributed by atoms with Crippen molar-refractivity contribution in [2.45, 2.75) is 53.4 Å². The van der Waals surface area contributed by atoms with Crippen molar-refractivity contribution in [3.05, 3.63) is 0 Å². The predicted octanol–water partition coefficient (Wildman–Crippen LogP) is 1.14. The number of carbonyl (C=O) groups excluding carboxylic acids is 3. The van der Waals surface area contributed by atoms with Gasteiger partial charge in [0.2, 0.25) is 11.7 Å². The highest BCUT2D eigenvalue weighted by Crippen LogP contribution is 2.50. The standard InChI is InChI=1S/C13H24N2O3/c1-5-12(6-2,9(16)10(14)17)13(7-3,8-4)11(15)18/h5-8H2,1-4H3,(H2,14,17)(H2,15,18). The molecule has 0 fully saturated rings. The minimum atomic E-state index is -1.09. The highest BCUT2D eigenvalue weighted by Gasteiger charge is 2.56. The summed E-state index contributed by atoms with van der Waals surface area (Å²) in [5.74, 6) is -2.22. The molecule has 5 nitrogen and oxygen atoms in total. The Morgan fingerprint density at radius 1 is 0.778 bits per heavy atom. The quantitative estimate of drug-likeness (QED) is 0.636. The van der Waals surface area contributed by atoms with Gasteiger partial charge in [-0.1, -0.05) is 27.7 Å². The number of amides is 2. The van der Waals surface area contributed by atoms with Crippen LogP contribution in [0.2, 0.25) is 0 Å². The summed E-state index contributed by atoms with van der Waals surface area (Å²) in [6, 6.07) is 0. The number of rotatable bonds is 8. The van der Waals surface area contributed by atoms with Crippen molar-refractivity contribution in [2.75, 3.05) is 0 Å². The molecule has 0 aromatic heterocycles. The number of hydrogen-bond acceptors (Lipinski definition) is 3. The average Bonchev–Trinajstić information content (AvgIpc) is 2.35. The van der Waals surface area contributed by atoms with Crippen LogP contribution in [-0.2, 0) is 14.4 Å². The van der Waals surface area contributed by atoms with Crippen molar-refractivity contribution in [1.82, 2.24) is 0 Å². The van der Waals surface area contributed by atoms with Gasteiger partial charge in [0.15, 0.2) is 0 Å². The lowest BCUT2D eigenvalue weighted by Crippen LogP contribution is -2.56. The largest absolute Gasteiger partial charge is 0.369 e. The van der Waals surface area contributed by atoms with Crippen LogP contribution in [0.1, 0.15) is 53.4 Å². The molecule has 0 radical (unpaired) electrons. The topological polar surface area (TPSA) is 103 Å². The summed E-state index contributed by atoms with van der Waals surface area (Å²) in [5.41, 5.74) is 8.56. The van der Waals surface area contributed by atoms with E-state index in [2.05, 4.69) is 0 Å². The summed E-state index contributed by atoms with van der Waals surface area (Å²) in [6.45, 7) is 7.19. The number of carbonyl (C=O) groups is 3. The van der Waals surface area contributed by atoms with Crippen molar-refractivity contribution in [3.8, 4) is 0 Å². The zero-order chi connectivity index (χ0) is 14.6. The van der Waals surface area contributed by atoms with E-state index >= 15 is 0 Å². The van der Waals surface area contributed by atoms with Gasteiger partial charge in [-0.25, -0.2) is 0 Å². The van der Waals surface area contributed by atoms with E-state index in [4.69, 9.17) is 11.5 Å². The lowest BCUT2D eigenvalue weighted by Gasteiger charge is -2.45. The van der Waals surface area contributed by atoms with Crippen molar-refractivity contribution < 1.29 is 14.4 Å². The molecule has 0 rings (SSSR count). The highest BCUT2D eigenvalue weighted by molar-refractivity contribution is 6.38. The third-order valence-electron chi connectivity index (χ3n) is 4.46. The molecule has 0 saturated carbocycles. The maximum Gasteiger partial charge on any atom is 0.285 e. The molecule has 0 spiro atoms. The fourth-order valence-electron chi connectivity index (χ4n) is 3.21. The summed E-state index contributed by atoms with van der Waals surface area (Å²) >= 11 is 0. The van der Waals surface area contributed by atoms with E-state index in [1.54, 1.807) is 13.8 Å². The molecule has 5 heteroatoms. The first-order chi connectivity index (χ1) is 8.29. The Hall–Kier alpha value is -1.39. The molecule has 0 saturated heterocycles. The van der Waals surface area contributed by atoms with Crippen molar-refractivity contribution in [1.29, 1.82) is 0 Å². The van der Waals surface area contributed by atoms with Crippen molar-refractivity contribution >= 4 is 17.6 Å². The van der Waals surface area contributed by atoms with Gasteiger partial charge in [-0.05, 0) is 25.7 Å². The van der Waals surface area contributed by atoms with Gasteiger partial charge >= 0.3 is 0 Å². The van der Waals surface area contributed by atoms with Gasteiger partial charge in [-0.3, -0.25) is 14.4 Å². The van der Waals surface area contributed by atoms with E-state index in [0.29, 0.717) is 25.7 Å². The molecule has 0 atom stereocenters. The third kappa shape index (κ3) is 2.13. The van der Waals surface area contributed by atoms with E-state index in [-0.39, 0.29) is 0 Å². The van der Waals surface area contributed by atoms with E-state index in [0.717, 1.165) is 0 Å². The van der Waals surface area contributed by atoms with Crippen molar-refractivity contribution in [2.24, 2.45) is 22.3 Å². The summed E-state index contributed by atoms with van der Waals surface area (Å²) in [6.07, 6.45) is 1.57. The van der Waals surface area contributed by atoms with Crippen LogP contribution >= 0.6 is 0 Å². The Bertz CT molecular complexity index is 342. The normalized spacial score (nSPS) is 12.2. The Kier molecular flexibility index (Phi) is 5.52. The molecule has 0 aliphatic rings. The number of Topliss-reactive ketones (excluding diaryl/α,β-unsaturated/α-hetero) is 1. The molecule has 104 valence electrons. The fraction of sp³-hybridized carbons (Fsp3) is 0.769. The summed E-state index contributed by atoms with van der Waals surface area (Å²) in [4.78, 5) is 35.4. The number of ketones is 1. The Morgan fingerprint density at radius 2 is 1.11 bits per heavy atom. The lowest BCUT2D eigenvalue weighted by atomic mass is 9.55.